The SMILES string of the molecule is CCOC(=O)N1CCN(C(=O)c2ccc(C(C)C)nn2)CC1. The molecule has 2 heterocycles. The van der Waals surface area contributed by atoms with Crippen molar-refractivity contribution in [1.82, 2.24) is 20.0 Å². The van der Waals surface area contributed by atoms with Gasteiger partial charge in [-0.3, -0.25) is 4.79 Å². The van der Waals surface area contributed by atoms with E-state index in [0.717, 1.165) is 5.69 Å². The van der Waals surface area contributed by atoms with E-state index in [9.17, 15) is 9.59 Å². The van der Waals surface area contributed by atoms with Crippen LogP contribution in [-0.4, -0.2) is 64.8 Å². The molecule has 120 valence electrons. The Morgan fingerprint density at radius 2 is 1.77 bits per heavy atom. The van der Waals surface area contributed by atoms with Gasteiger partial charge in [0.05, 0.1) is 12.3 Å². The highest BCUT2D eigenvalue weighted by Crippen LogP contribution is 2.12. The number of amides is 2. The second-order valence-corrected chi connectivity index (χ2v) is 5.48. The normalized spacial score (nSPS) is 15.1. The van der Waals surface area contributed by atoms with Crippen molar-refractivity contribution in [3.63, 3.8) is 0 Å². The minimum absolute atomic E-state index is 0.147. The van der Waals surface area contributed by atoms with Crippen LogP contribution in [0.25, 0.3) is 0 Å². The molecular weight excluding hydrogens is 284 g/mol. The van der Waals surface area contributed by atoms with Crippen LogP contribution in [0.4, 0.5) is 4.79 Å². The Balaban J connectivity index is 1.93. The second-order valence-electron chi connectivity index (χ2n) is 5.48. The molecule has 0 radical (unpaired) electrons. The van der Waals surface area contributed by atoms with E-state index in [0.29, 0.717) is 38.5 Å². The second kappa shape index (κ2) is 7.20. The number of aromatic nitrogens is 2. The summed E-state index contributed by atoms with van der Waals surface area (Å²) in [6.45, 7) is 8.09. The molecule has 7 nitrogen and oxygen atoms in total. The number of rotatable bonds is 3. The largest absolute Gasteiger partial charge is 0.450 e. The monoisotopic (exact) mass is 306 g/mol. The maximum absolute atomic E-state index is 12.4. The molecule has 0 bridgehead atoms. The lowest BCUT2D eigenvalue weighted by atomic mass is 10.1. The molecule has 0 saturated carbocycles. The smallest absolute Gasteiger partial charge is 0.409 e. The Hall–Kier alpha value is -2.18. The van der Waals surface area contributed by atoms with Crippen molar-refractivity contribution in [2.45, 2.75) is 26.7 Å². The minimum atomic E-state index is -0.323. The molecule has 0 atom stereocenters. The van der Waals surface area contributed by atoms with Crippen LogP contribution in [0.15, 0.2) is 12.1 Å². The van der Waals surface area contributed by atoms with Gasteiger partial charge in [0.1, 0.15) is 0 Å². The summed E-state index contributed by atoms with van der Waals surface area (Å²) in [5, 5.41) is 8.09. The molecule has 0 unspecified atom stereocenters. The topological polar surface area (TPSA) is 75.6 Å². The van der Waals surface area contributed by atoms with Gasteiger partial charge in [0, 0.05) is 26.2 Å². The molecule has 2 rings (SSSR count). The molecular formula is C15H22N4O3. The zero-order valence-electron chi connectivity index (χ0n) is 13.3. The van der Waals surface area contributed by atoms with Crippen molar-refractivity contribution in [2.24, 2.45) is 0 Å². The van der Waals surface area contributed by atoms with Crippen molar-refractivity contribution in [3.8, 4) is 0 Å². The molecule has 22 heavy (non-hydrogen) atoms. The molecule has 1 fully saturated rings. The van der Waals surface area contributed by atoms with Gasteiger partial charge in [0.2, 0.25) is 0 Å². The predicted molar refractivity (Wildman–Crippen MR) is 80.6 cm³/mol. The highest BCUT2D eigenvalue weighted by molar-refractivity contribution is 5.92. The first-order valence-corrected chi connectivity index (χ1v) is 7.57. The fourth-order valence-corrected chi connectivity index (χ4v) is 2.23. The third kappa shape index (κ3) is 3.72. The summed E-state index contributed by atoms with van der Waals surface area (Å²) in [7, 11) is 0. The highest BCUT2D eigenvalue weighted by Gasteiger charge is 2.26. The average molecular weight is 306 g/mol. The molecule has 1 aromatic rings. The number of hydrogen-bond donors (Lipinski definition) is 0. The van der Waals surface area contributed by atoms with Gasteiger partial charge in [-0.25, -0.2) is 4.79 Å². The van der Waals surface area contributed by atoms with Crippen LogP contribution in [0.5, 0.6) is 0 Å². The molecule has 1 aliphatic heterocycles. The van der Waals surface area contributed by atoms with E-state index in [1.807, 2.05) is 19.9 Å². The van der Waals surface area contributed by atoms with Crippen LogP contribution < -0.4 is 0 Å². The number of carbonyl (C=O) groups is 2. The summed E-state index contributed by atoms with van der Waals surface area (Å²) < 4.78 is 4.96. The van der Waals surface area contributed by atoms with Gasteiger partial charge in [-0.1, -0.05) is 13.8 Å². The van der Waals surface area contributed by atoms with Gasteiger partial charge in [-0.05, 0) is 25.0 Å². The van der Waals surface area contributed by atoms with Crippen molar-refractivity contribution in [1.29, 1.82) is 0 Å². The van der Waals surface area contributed by atoms with Crippen molar-refractivity contribution in [2.75, 3.05) is 32.8 Å². The van der Waals surface area contributed by atoms with Crippen LogP contribution in [0.1, 0.15) is 42.9 Å². The Labute approximate surface area is 130 Å². The van der Waals surface area contributed by atoms with E-state index in [1.54, 1.807) is 22.8 Å². The average Bonchev–Trinajstić information content (AvgIpc) is 2.54. The molecule has 1 aromatic heterocycles. The Morgan fingerprint density at radius 3 is 2.27 bits per heavy atom. The van der Waals surface area contributed by atoms with Crippen LogP contribution in [0.3, 0.4) is 0 Å². The zero-order chi connectivity index (χ0) is 16.1. The summed E-state index contributed by atoms with van der Waals surface area (Å²) in [6, 6.07) is 3.54. The van der Waals surface area contributed by atoms with Crippen LogP contribution in [0.2, 0.25) is 0 Å². The van der Waals surface area contributed by atoms with Gasteiger partial charge in [0.15, 0.2) is 5.69 Å². The predicted octanol–water partition coefficient (Wildman–Crippen LogP) is 1.51. The molecule has 0 spiro atoms. The summed E-state index contributed by atoms with van der Waals surface area (Å²) in [5.74, 6) is 0.135. The fraction of sp³-hybridized carbons (Fsp3) is 0.600. The Morgan fingerprint density at radius 1 is 1.14 bits per heavy atom. The minimum Gasteiger partial charge on any atom is -0.450 e. The maximum atomic E-state index is 12.4. The quantitative estimate of drug-likeness (QED) is 0.846. The molecule has 1 saturated heterocycles. The van der Waals surface area contributed by atoms with Crippen LogP contribution in [-0.2, 0) is 4.74 Å². The van der Waals surface area contributed by atoms with E-state index in [4.69, 9.17) is 4.74 Å². The summed E-state index contributed by atoms with van der Waals surface area (Å²) in [5.41, 5.74) is 1.21. The first kappa shape index (κ1) is 16.2. The van der Waals surface area contributed by atoms with Crippen LogP contribution in [0, 0.1) is 0 Å². The number of carbonyl (C=O) groups excluding carboxylic acids is 2. The summed E-state index contributed by atoms with van der Waals surface area (Å²) >= 11 is 0. The van der Waals surface area contributed by atoms with Gasteiger partial charge in [-0.15, -0.1) is 5.10 Å². The van der Waals surface area contributed by atoms with Gasteiger partial charge < -0.3 is 14.5 Å². The molecule has 0 aromatic carbocycles. The lowest BCUT2D eigenvalue weighted by Gasteiger charge is -2.33. The number of hydrogen-bond acceptors (Lipinski definition) is 5. The Bertz CT molecular complexity index is 522. The number of piperazine rings is 1. The lowest BCUT2D eigenvalue weighted by Crippen LogP contribution is -2.50. The molecule has 0 N–H and O–H groups in total. The molecule has 2 amide bonds. The van der Waals surface area contributed by atoms with Crippen molar-refractivity contribution in [3.05, 3.63) is 23.5 Å². The fourth-order valence-electron chi connectivity index (χ4n) is 2.23. The zero-order valence-corrected chi connectivity index (χ0v) is 13.3. The van der Waals surface area contributed by atoms with Gasteiger partial charge in [-0.2, -0.15) is 5.10 Å². The third-order valence-corrected chi connectivity index (χ3v) is 3.59. The van der Waals surface area contributed by atoms with E-state index in [2.05, 4.69) is 10.2 Å². The summed E-state index contributed by atoms with van der Waals surface area (Å²) in [6.07, 6.45) is -0.323. The number of nitrogens with zero attached hydrogens (tertiary/aromatic N) is 4. The molecule has 1 aliphatic rings. The van der Waals surface area contributed by atoms with E-state index in [1.165, 1.54) is 0 Å². The van der Waals surface area contributed by atoms with Crippen molar-refractivity contribution >= 4 is 12.0 Å². The first-order chi connectivity index (χ1) is 10.5. The van der Waals surface area contributed by atoms with E-state index >= 15 is 0 Å². The summed E-state index contributed by atoms with van der Waals surface area (Å²) in [4.78, 5) is 27.3. The van der Waals surface area contributed by atoms with Crippen molar-refractivity contribution < 1.29 is 14.3 Å². The third-order valence-electron chi connectivity index (χ3n) is 3.59. The first-order valence-electron chi connectivity index (χ1n) is 7.57. The van der Waals surface area contributed by atoms with Gasteiger partial charge >= 0.3 is 6.09 Å². The molecule has 7 heteroatoms. The standard InChI is InChI=1S/C15H22N4O3/c1-4-22-15(21)19-9-7-18(8-10-19)14(20)13-6-5-12(11(2)3)16-17-13/h5-6,11H,4,7-10H2,1-3H3. The highest BCUT2D eigenvalue weighted by atomic mass is 16.6. The van der Waals surface area contributed by atoms with Gasteiger partial charge in [0.25, 0.3) is 5.91 Å². The van der Waals surface area contributed by atoms with Crippen LogP contribution >= 0.6 is 0 Å². The lowest BCUT2D eigenvalue weighted by molar-refractivity contribution is 0.0565. The van der Waals surface area contributed by atoms with E-state index in [-0.39, 0.29) is 17.9 Å². The maximum Gasteiger partial charge on any atom is 0.409 e. The number of ether oxygens (including phenoxy) is 1. The molecule has 0 aliphatic carbocycles. The Kier molecular flexibility index (Phi) is 5.30. The van der Waals surface area contributed by atoms with E-state index < -0.39 is 0 Å².